The normalized spacial score (nSPS) is 17.2. The van der Waals surface area contributed by atoms with Gasteiger partial charge in [0.25, 0.3) is 0 Å². The maximum atomic E-state index is 12.9. The summed E-state index contributed by atoms with van der Waals surface area (Å²) >= 11 is 0. The lowest BCUT2D eigenvalue weighted by Crippen LogP contribution is -2.29. The fraction of sp³-hybridized carbons (Fsp3) is 0.412. The molecule has 5 nitrogen and oxygen atoms in total. The highest BCUT2D eigenvalue weighted by atomic mass is 16.5. The first kappa shape index (κ1) is 27.0. The predicted molar refractivity (Wildman–Crippen MR) is 159 cm³/mol. The van der Waals surface area contributed by atoms with E-state index in [2.05, 4.69) is 89.8 Å². The molecular weight excluding hydrogens is 482 g/mol. The molecule has 0 spiro atoms. The number of rotatable bonds is 9. The number of amides is 1. The Morgan fingerprint density at radius 1 is 1.03 bits per heavy atom. The van der Waals surface area contributed by atoms with Crippen molar-refractivity contribution < 1.29 is 9.53 Å². The number of unbranched alkanes of at least 4 members (excludes halogenated alkanes) is 2. The molecular formula is C34H41N3O2. The van der Waals surface area contributed by atoms with Crippen molar-refractivity contribution in [3.8, 4) is 16.9 Å². The second kappa shape index (κ2) is 12.5. The average molecular weight is 524 g/mol. The molecule has 0 bridgehead atoms. The van der Waals surface area contributed by atoms with Gasteiger partial charge in [-0.3, -0.25) is 4.79 Å². The third-order valence-corrected chi connectivity index (χ3v) is 8.12. The molecule has 39 heavy (non-hydrogen) atoms. The topological polar surface area (TPSA) is 67.0 Å². The van der Waals surface area contributed by atoms with Crippen LogP contribution in [0, 0.1) is 18.8 Å². The molecule has 5 heteroatoms. The molecule has 0 radical (unpaired) electrons. The van der Waals surface area contributed by atoms with Crippen molar-refractivity contribution in [3.05, 3.63) is 83.2 Å². The molecule has 2 unspecified atom stereocenters. The number of hydrogen-bond donors (Lipinski definition) is 2. The van der Waals surface area contributed by atoms with Gasteiger partial charge in [-0.1, -0.05) is 63.1 Å². The van der Waals surface area contributed by atoms with E-state index in [0.717, 1.165) is 53.0 Å². The first-order valence-electron chi connectivity index (χ1n) is 14.6. The van der Waals surface area contributed by atoms with E-state index in [1.807, 2.05) is 6.92 Å². The van der Waals surface area contributed by atoms with Crippen LogP contribution in [0.2, 0.25) is 0 Å². The van der Waals surface area contributed by atoms with Gasteiger partial charge in [0.15, 0.2) is 0 Å². The Morgan fingerprint density at radius 2 is 1.79 bits per heavy atom. The Hall–Kier alpha value is -3.60. The molecule has 1 aliphatic heterocycles. The van der Waals surface area contributed by atoms with Crippen LogP contribution in [0.5, 0.6) is 5.75 Å². The number of nitrogens with one attached hydrogen (secondary N) is 2. The zero-order chi connectivity index (χ0) is 27.2. The largest absolute Gasteiger partial charge is 0.493 e. The average Bonchev–Trinajstić information content (AvgIpc) is 3.31. The van der Waals surface area contributed by atoms with Crippen molar-refractivity contribution in [1.82, 2.24) is 15.3 Å². The Morgan fingerprint density at radius 3 is 2.62 bits per heavy atom. The molecule has 2 atom stereocenters. The van der Waals surface area contributed by atoms with Gasteiger partial charge in [0.2, 0.25) is 5.91 Å². The zero-order valence-corrected chi connectivity index (χ0v) is 23.6. The van der Waals surface area contributed by atoms with E-state index in [-0.39, 0.29) is 11.8 Å². The van der Waals surface area contributed by atoms with Crippen molar-refractivity contribution in [1.29, 1.82) is 0 Å². The van der Waals surface area contributed by atoms with Gasteiger partial charge >= 0.3 is 0 Å². The summed E-state index contributed by atoms with van der Waals surface area (Å²) in [5.41, 5.74) is 8.11. The van der Waals surface area contributed by atoms with E-state index >= 15 is 0 Å². The number of nitrogens with zero attached hydrogens (tertiary/aromatic N) is 1. The van der Waals surface area contributed by atoms with Crippen molar-refractivity contribution in [2.24, 2.45) is 11.8 Å². The highest BCUT2D eigenvalue weighted by Crippen LogP contribution is 2.34. The molecule has 0 saturated heterocycles. The minimum Gasteiger partial charge on any atom is -0.493 e. The van der Waals surface area contributed by atoms with Crippen LogP contribution in [0.3, 0.4) is 0 Å². The van der Waals surface area contributed by atoms with E-state index in [1.165, 1.54) is 36.0 Å². The second-order valence-electron chi connectivity index (χ2n) is 11.2. The van der Waals surface area contributed by atoms with Crippen molar-refractivity contribution in [2.45, 2.75) is 72.3 Å². The van der Waals surface area contributed by atoms with Crippen molar-refractivity contribution in [3.63, 3.8) is 0 Å². The number of aromatic nitrogens is 2. The first-order chi connectivity index (χ1) is 19.0. The number of carbonyl (C=O) groups is 1. The molecule has 1 aliphatic rings. The van der Waals surface area contributed by atoms with E-state index in [0.29, 0.717) is 25.5 Å². The maximum Gasteiger partial charge on any atom is 0.220 e. The Bertz CT molecular complexity index is 1410. The summed E-state index contributed by atoms with van der Waals surface area (Å²) in [5, 5.41) is 3.15. The summed E-state index contributed by atoms with van der Waals surface area (Å²) in [6, 6.07) is 21.5. The van der Waals surface area contributed by atoms with Gasteiger partial charge in [0, 0.05) is 13.0 Å². The van der Waals surface area contributed by atoms with Crippen LogP contribution >= 0.6 is 0 Å². The minimum atomic E-state index is 0.122. The van der Waals surface area contributed by atoms with Crippen LogP contribution in [-0.2, 0) is 24.2 Å². The molecule has 0 saturated carbocycles. The fourth-order valence-electron chi connectivity index (χ4n) is 5.71. The lowest BCUT2D eigenvalue weighted by molar-refractivity contribution is -0.122. The highest BCUT2D eigenvalue weighted by Gasteiger charge is 2.25. The zero-order valence-electron chi connectivity index (χ0n) is 23.6. The molecule has 3 aromatic carbocycles. The second-order valence-corrected chi connectivity index (χ2v) is 11.2. The summed E-state index contributed by atoms with van der Waals surface area (Å²) in [6.45, 7) is 7.70. The third-order valence-electron chi connectivity index (χ3n) is 8.12. The summed E-state index contributed by atoms with van der Waals surface area (Å²) in [7, 11) is 0. The SMILES string of the molecule is CCCCCc1ccc(CNC(=O)CC2CCOc3ccc(-c4ccc5nc(C)[nH]c5c4)cc3CC2C)cc1. The minimum absolute atomic E-state index is 0.122. The monoisotopic (exact) mass is 523 g/mol. The standard InChI is InChI=1S/C34H41N3O2/c1-4-5-6-7-25-8-10-26(11-9-25)22-35-34(38)21-27-16-17-39-33-15-13-28(19-30(33)18-23(27)2)29-12-14-31-32(20-29)37-24(3)36-31/h8-15,19-20,23,27H,4-7,16-18,21-22H2,1-3H3,(H,35,38)(H,36,37). The van der Waals surface area contributed by atoms with Crippen LogP contribution in [0.4, 0.5) is 0 Å². The van der Waals surface area contributed by atoms with Crippen LogP contribution < -0.4 is 10.1 Å². The summed E-state index contributed by atoms with van der Waals surface area (Å²) in [6.07, 6.45) is 7.20. The first-order valence-corrected chi connectivity index (χ1v) is 14.6. The van der Waals surface area contributed by atoms with E-state index in [4.69, 9.17) is 4.74 Å². The number of aromatic amines is 1. The third kappa shape index (κ3) is 6.89. The van der Waals surface area contributed by atoms with Gasteiger partial charge in [-0.25, -0.2) is 4.98 Å². The molecule has 1 amide bonds. The number of ether oxygens (including phenoxy) is 1. The molecule has 0 fully saturated rings. The van der Waals surface area contributed by atoms with Crippen molar-refractivity contribution >= 4 is 16.9 Å². The molecule has 204 valence electrons. The van der Waals surface area contributed by atoms with Crippen LogP contribution in [0.15, 0.2) is 60.7 Å². The maximum absolute atomic E-state index is 12.9. The highest BCUT2D eigenvalue weighted by molar-refractivity contribution is 5.82. The quantitative estimate of drug-likeness (QED) is 0.223. The molecule has 1 aromatic heterocycles. The van der Waals surface area contributed by atoms with E-state index < -0.39 is 0 Å². The van der Waals surface area contributed by atoms with E-state index in [1.54, 1.807) is 0 Å². The van der Waals surface area contributed by atoms with E-state index in [9.17, 15) is 4.79 Å². The van der Waals surface area contributed by atoms with Gasteiger partial charge in [-0.2, -0.15) is 0 Å². The number of fused-ring (bicyclic) bond motifs is 2. The Labute approximate surface area is 232 Å². The molecule has 2 heterocycles. The lowest BCUT2D eigenvalue weighted by atomic mass is 9.82. The summed E-state index contributed by atoms with van der Waals surface area (Å²) in [4.78, 5) is 20.8. The number of benzene rings is 3. The van der Waals surface area contributed by atoms with Gasteiger partial charge in [-0.05, 0) is 96.5 Å². The van der Waals surface area contributed by atoms with Gasteiger partial charge in [-0.15, -0.1) is 0 Å². The van der Waals surface area contributed by atoms with Crippen molar-refractivity contribution in [2.75, 3.05) is 6.61 Å². The number of carbonyl (C=O) groups excluding carboxylic acids is 1. The molecule has 0 aliphatic carbocycles. The fourth-order valence-corrected chi connectivity index (χ4v) is 5.71. The predicted octanol–water partition coefficient (Wildman–Crippen LogP) is 7.55. The number of H-pyrrole nitrogens is 1. The summed E-state index contributed by atoms with van der Waals surface area (Å²) in [5.74, 6) is 2.68. The van der Waals surface area contributed by atoms with Crippen LogP contribution in [-0.4, -0.2) is 22.5 Å². The number of aryl methyl sites for hydroxylation is 2. The van der Waals surface area contributed by atoms with Crippen LogP contribution in [0.25, 0.3) is 22.2 Å². The van der Waals surface area contributed by atoms with Gasteiger partial charge < -0.3 is 15.0 Å². The Balaban J connectivity index is 1.19. The number of imidazole rings is 1. The molecule has 2 N–H and O–H groups in total. The molecule has 5 rings (SSSR count). The number of hydrogen-bond acceptors (Lipinski definition) is 3. The van der Waals surface area contributed by atoms with Gasteiger partial charge in [0.05, 0.1) is 17.6 Å². The Kier molecular flexibility index (Phi) is 8.65. The van der Waals surface area contributed by atoms with Crippen LogP contribution in [0.1, 0.15) is 68.5 Å². The van der Waals surface area contributed by atoms with Gasteiger partial charge in [0.1, 0.15) is 11.6 Å². The molecule has 4 aromatic rings. The summed E-state index contributed by atoms with van der Waals surface area (Å²) < 4.78 is 6.18. The smallest absolute Gasteiger partial charge is 0.220 e. The lowest BCUT2D eigenvalue weighted by Gasteiger charge is -2.28.